The van der Waals surface area contributed by atoms with Gasteiger partial charge in [-0.3, -0.25) is 0 Å². The third-order valence-electron chi connectivity index (χ3n) is 6.53. The molecule has 3 rings (SSSR count). The van der Waals surface area contributed by atoms with E-state index in [1.807, 2.05) is 0 Å². The summed E-state index contributed by atoms with van der Waals surface area (Å²) in [6.07, 6.45) is 19.7. The van der Waals surface area contributed by atoms with Crippen molar-refractivity contribution in [3.63, 3.8) is 0 Å². The first kappa shape index (κ1) is 24.8. The second-order valence-corrected chi connectivity index (χ2v) is 10.9. The van der Waals surface area contributed by atoms with E-state index in [4.69, 9.17) is 0 Å². The largest absolute Gasteiger partial charge is 0.340 e. The van der Waals surface area contributed by atoms with E-state index < -0.39 is 0 Å². The second-order valence-electron chi connectivity index (χ2n) is 9.07. The highest BCUT2D eigenvalue weighted by Gasteiger charge is 2.11. The molecule has 0 fully saturated rings. The Balaban J connectivity index is 1.36. The number of hydrogen-bond donors (Lipinski definition) is 0. The highest BCUT2D eigenvalue weighted by atomic mass is 79.9. The molecule has 170 valence electrons. The van der Waals surface area contributed by atoms with Crippen LogP contribution in [0, 0.1) is 0 Å². The van der Waals surface area contributed by atoms with Crippen molar-refractivity contribution >= 4 is 53.7 Å². The van der Waals surface area contributed by atoms with Crippen molar-refractivity contribution in [3.05, 3.63) is 45.3 Å². The number of aromatic nitrogens is 1. The lowest BCUT2D eigenvalue weighted by Gasteiger charge is -2.08. The molecule has 0 amide bonds. The minimum absolute atomic E-state index is 1.10. The Morgan fingerprint density at radius 2 is 0.935 bits per heavy atom. The van der Waals surface area contributed by atoms with Gasteiger partial charge in [-0.05, 0) is 30.7 Å². The van der Waals surface area contributed by atoms with Gasteiger partial charge in [0.15, 0.2) is 0 Å². The molecular weight excluding hydrogens is 510 g/mol. The maximum absolute atomic E-state index is 3.66. The van der Waals surface area contributed by atoms with Crippen LogP contribution < -0.4 is 0 Å². The van der Waals surface area contributed by atoms with Crippen LogP contribution in [0.5, 0.6) is 0 Å². The zero-order valence-electron chi connectivity index (χ0n) is 19.3. The van der Waals surface area contributed by atoms with E-state index in [2.05, 4.69) is 79.7 Å². The molecule has 0 radical (unpaired) electrons. The van der Waals surface area contributed by atoms with Gasteiger partial charge < -0.3 is 4.57 Å². The van der Waals surface area contributed by atoms with Gasteiger partial charge in [-0.2, -0.15) is 0 Å². The summed E-state index contributed by atoms with van der Waals surface area (Å²) in [5.74, 6) is 0. The van der Waals surface area contributed by atoms with Gasteiger partial charge >= 0.3 is 0 Å². The van der Waals surface area contributed by atoms with Crippen LogP contribution in [0.15, 0.2) is 45.3 Å². The number of hydrogen-bond acceptors (Lipinski definition) is 0. The van der Waals surface area contributed by atoms with Crippen LogP contribution in [0.3, 0.4) is 0 Å². The number of unbranched alkanes of at least 4 members (excludes halogenated alkanes) is 13. The molecule has 0 atom stereocenters. The molecule has 2 aromatic carbocycles. The second kappa shape index (κ2) is 13.7. The van der Waals surface area contributed by atoms with Gasteiger partial charge in [-0.15, -0.1) is 0 Å². The molecule has 0 spiro atoms. The molecule has 0 saturated carbocycles. The van der Waals surface area contributed by atoms with E-state index in [-0.39, 0.29) is 0 Å². The Kier molecular flexibility index (Phi) is 11.0. The Labute approximate surface area is 206 Å². The number of fused-ring (bicyclic) bond motifs is 3. The highest BCUT2D eigenvalue weighted by molar-refractivity contribution is 9.10. The van der Waals surface area contributed by atoms with Crippen LogP contribution in [0.4, 0.5) is 0 Å². The number of halogens is 2. The number of aryl methyl sites for hydroxylation is 1. The monoisotopic (exact) mass is 547 g/mol. The lowest BCUT2D eigenvalue weighted by molar-refractivity contribution is 0.528. The first-order chi connectivity index (χ1) is 15.2. The Morgan fingerprint density at radius 1 is 0.548 bits per heavy atom. The summed E-state index contributed by atoms with van der Waals surface area (Å²) >= 11 is 7.32. The van der Waals surface area contributed by atoms with E-state index in [1.165, 1.54) is 112 Å². The quantitative estimate of drug-likeness (QED) is 0.166. The minimum atomic E-state index is 1.10. The Hall–Kier alpha value is -0.800. The van der Waals surface area contributed by atoms with E-state index in [1.54, 1.807) is 0 Å². The Morgan fingerprint density at radius 3 is 1.35 bits per heavy atom. The van der Waals surface area contributed by atoms with E-state index in [0.29, 0.717) is 0 Å². The van der Waals surface area contributed by atoms with Gasteiger partial charge in [0, 0.05) is 26.3 Å². The third-order valence-corrected chi connectivity index (χ3v) is 7.51. The van der Waals surface area contributed by atoms with Crippen molar-refractivity contribution in [2.45, 2.75) is 103 Å². The minimum Gasteiger partial charge on any atom is -0.340 e. The summed E-state index contributed by atoms with van der Waals surface area (Å²) < 4.78 is 4.83. The van der Waals surface area contributed by atoms with Gasteiger partial charge in [0.25, 0.3) is 0 Å². The summed E-state index contributed by atoms with van der Waals surface area (Å²) in [4.78, 5) is 0. The standard InChI is InChI=1S/C28H39Br2N/c1-2-3-4-5-6-7-8-9-10-11-12-13-14-15-20-31-27-21-23(29)16-18-25(27)26-19-17-24(30)22-28(26)31/h16-19,21-22H,2-15,20H2,1H3. The van der Waals surface area contributed by atoms with Crippen molar-refractivity contribution in [3.8, 4) is 0 Å². The van der Waals surface area contributed by atoms with Crippen molar-refractivity contribution in [1.29, 1.82) is 0 Å². The molecule has 3 heteroatoms. The fourth-order valence-corrected chi connectivity index (χ4v) is 5.44. The fourth-order valence-electron chi connectivity index (χ4n) is 4.75. The average Bonchev–Trinajstić information content (AvgIpc) is 3.05. The number of rotatable bonds is 15. The van der Waals surface area contributed by atoms with Gasteiger partial charge in [-0.1, -0.05) is 134 Å². The molecule has 1 aromatic heterocycles. The normalized spacial score (nSPS) is 11.7. The molecular formula is C28H39Br2N. The smallest absolute Gasteiger partial charge is 0.0502 e. The van der Waals surface area contributed by atoms with E-state index in [9.17, 15) is 0 Å². The van der Waals surface area contributed by atoms with Crippen LogP contribution in [0.1, 0.15) is 96.8 Å². The zero-order chi connectivity index (χ0) is 21.9. The molecule has 0 aliphatic rings. The van der Waals surface area contributed by atoms with Gasteiger partial charge in [0.05, 0.1) is 11.0 Å². The zero-order valence-corrected chi connectivity index (χ0v) is 22.4. The first-order valence-corrected chi connectivity index (χ1v) is 14.2. The topological polar surface area (TPSA) is 4.93 Å². The van der Waals surface area contributed by atoms with Crippen LogP contribution >= 0.6 is 31.9 Å². The number of benzene rings is 2. The van der Waals surface area contributed by atoms with Crippen molar-refractivity contribution in [2.24, 2.45) is 0 Å². The SMILES string of the molecule is CCCCCCCCCCCCCCCCn1c2cc(Br)ccc2c2ccc(Br)cc21. The van der Waals surface area contributed by atoms with E-state index in [0.717, 1.165) is 15.5 Å². The predicted octanol–water partition coefficient (Wildman–Crippen LogP) is 10.8. The molecule has 0 N–H and O–H groups in total. The maximum atomic E-state index is 3.66. The van der Waals surface area contributed by atoms with Crippen LogP contribution in [0.25, 0.3) is 21.8 Å². The molecule has 0 aliphatic heterocycles. The molecule has 0 unspecified atom stereocenters. The molecule has 31 heavy (non-hydrogen) atoms. The van der Waals surface area contributed by atoms with Crippen LogP contribution in [0.2, 0.25) is 0 Å². The molecule has 0 bridgehead atoms. The van der Waals surface area contributed by atoms with E-state index >= 15 is 0 Å². The highest BCUT2D eigenvalue weighted by Crippen LogP contribution is 2.33. The van der Waals surface area contributed by atoms with Gasteiger partial charge in [0.2, 0.25) is 0 Å². The van der Waals surface area contributed by atoms with Crippen molar-refractivity contribution in [1.82, 2.24) is 4.57 Å². The Bertz CT molecular complexity index is 868. The lowest BCUT2D eigenvalue weighted by Crippen LogP contribution is -1.98. The summed E-state index contributed by atoms with van der Waals surface area (Å²) in [5.41, 5.74) is 2.69. The summed E-state index contributed by atoms with van der Waals surface area (Å²) in [6, 6.07) is 13.3. The molecule has 1 nitrogen and oxygen atoms in total. The third kappa shape index (κ3) is 7.63. The number of nitrogens with zero attached hydrogens (tertiary/aromatic N) is 1. The van der Waals surface area contributed by atoms with Crippen LogP contribution in [-0.2, 0) is 6.54 Å². The lowest BCUT2D eigenvalue weighted by atomic mass is 10.0. The fraction of sp³-hybridized carbons (Fsp3) is 0.571. The van der Waals surface area contributed by atoms with Crippen LogP contribution in [-0.4, -0.2) is 4.57 Å². The summed E-state index contributed by atoms with van der Waals surface area (Å²) in [7, 11) is 0. The van der Waals surface area contributed by atoms with Crippen molar-refractivity contribution < 1.29 is 0 Å². The van der Waals surface area contributed by atoms with Crippen molar-refractivity contribution in [2.75, 3.05) is 0 Å². The summed E-state index contributed by atoms with van der Waals surface area (Å²) in [6.45, 7) is 3.40. The van der Waals surface area contributed by atoms with Gasteiger partial charge in [0.1, 0.15) is 0 Å². The predicted molar refractivity (Wildman–Crippen MR) is 145 cm³/mol. The summed E-state index contributed by atoms with van der Waals surface area (Å²) in [5, 5.41) is 2.71. The molecule has 3 aromatic rings. The molecule has 1 heterocycles. The molecule has 0 saturated heterocycles. The maximum Gasteiger partial charge on any atom is 0.0502 e. The van der Waals surface area contributed by atoms with Gasteiger partial charge in [-0.25, -0.2) is 0 Å². The first-order valence-electron chi connectivity index (χ1n) is 12.6. The average molecular weight is 549 g/mol. The molecule has 0 aliphatic carbocycles.